The van der Waals surface area contributed by atoms with Crippen LogP contribution < -0.4 is 0 Å². The number of hydrogen-bond acceptors (Lipinski definition) is 2. The van der Waals surface area contributed by atoms with Crippen LogP contribution in [0.15, 0.2) is 18.2 Å². The van der Waals surface area contributed by atoms with Gasteiger partial charge < -0.3 is 9.84 Å². The van der Waals surface area contributed by atoms with Crippen LogP contribution in [0.2, 0.25) is 5.02 Å². The first-order valence-corrected chi connectivity index (χ1v) is 5.21. The van der Waals surface area contributed by atoms with Crippen molar-refractivity contribution < 1.29 is 14.2 Å². The van der Waals surface area contributed by atoms with Crippen molar-refractivity contribution in [3.63, 3.8) is 0 Å². The van der Waals surface area contributed by atoms with Gasteiger partial charge in [0.05, 0.1) is 12.2 Å². The quantitative estimate of drug-likeness (QED) is 0.844. The van der Waals surface area contributed by atoms with Gasteiger partial charge in [0, 0.05) is 24.5 Å². The molecule has 1 aliphatic heterocycles. The van der Waals surface area contributed by atoms with Crippen molar-refractivity contribution in [3.05, 3.63) is 34.6 Å². The van der Waals surface area contributed by atoms with E-state index >= 15 is 0 Å². The fourth-order valence-corrected chi connectivity index (χ4v) is 1.99. The summed E-state index contributed by atoms with van der Waals surface area (Å²) in [5.74, 6) is -0.363. The summed E-state index contributed by atoms with van der Waals surface area (Å²) in [6, 6.07) is 4.21. The lowest BCUT2D eigenvalue weighted by atomic mass is 9.94. The Morgan fingerprint density at radius 1 is 1.53 bits per heavy atom. The van der Waals surface area contributed by atoms with Gasteiger partial charge in [-0.2, -0.15) is 0 Å². The highest BCUT2D eigenvalue weighted by atomic mass is 35.5. The van der Waals surface area contributed by atoms with Crippen molar-refractivity contribution in [2.24, 2.45) is 0 Å². The smallest absolute Gasteiger partial charge is 0.124 e. The minimum absolute atomic E-state index is 0.320. The Morgan fingerprint density at radius 2 is 2.33 bits per heavy atom. The molecule has 0 spiro atoms. The van der Waals surface area contributed by atoms with Crippen molar-refractivity contribution in [2.75, 3.05) is 13.2 Å². The predicted molar refractivity (Wildman–Crippen MR) is 55.5 cm³/mol. The summed E-state index contributed by atoms with van der Waals surface area (Å²) in [6.45, 7) is 0.885. The second-order valence-corrected chi connectivity index (χ2v) is 4.35. The van der Waals surface area contributed by atoms with E-state index in [4.69, 9.17) is 16.3 Å². The lowest BCUT2D eigenvalue weighted by molar-refractivity contribution is 0.0270. The molecule has 0 amide bonds. The zero-order valence-corrected chi connectivity index (χ0v) is 8.93. The Kier molecular flexibility index (Phi) is 2.96. The average molecular weight is 231 g/mol. The molecule has 4 heteroatoms. The molecule has 0 saturated carbocycles. The molecular formula is C11H12ClFO2. The van der Waals surface area contributed by atoms with E-state index in [9.17, 15) is 9.50 Å². The lowest BCUT2D eigenvalue weighted by Gasteiger charge is -2.20. The maximum atomic E-state index is 12.8. The monoisotopic (exact) mass is 230 g/mol. The summed E-state index contributed by atoms with van der Waals surface area (Å²) in [6.07, 6.45) is 1.01. The van der Waals surface area contributed by atoms with Crippen molar-refractivity contribution in [2.45, 2.75) is 18.4 Å². The minimum atomic E-state index is -0.846. The molecule has 1 heterocycles. The predicted octanol–water partition coefficient (Wildman–Crippen LogP) is 2.17. The largest absolute Gasteiger partial charge is 0.387 e. The Labute approximate surface area is 92.6 Å². The van der Waals surface area contributed by atoms with E-state index in [-0.39, 0.29) is 5.82 Å². The van der Waals surface area contributed by atoms with Gasteiger partial charge in [-0.05, 0) is 17.7 Å². The van der Waals surface area contributed by atoms with Gasteiger partial charge in [0.2, 0.25) is 0 Å². The van der Waals surface area contributed by atoms with Gasteiger partial charge in [-0.25, -0.2) is 4.39 Å². The van der Waals surface area contributed by atoms with Crippen LogP contribution in [0.5, 0.6) is 0 Å². The van der Waals surface area contributed by atoms with Crippen LogP contribution in [0.25, 0.3) is 0 Å². The van der Waals surface area contributed by atoms with Gasteiger partial charge in [0.1, 0.15) is 5.82 Å². The van der Waals surface area contributed by atoms with Gasteiger partial charge >= 0.3 is 0 Å². The molecule has 0 radical (unpaired) electrons. The summed E-state index contributed by atoms with van der Waals surface area (Å²) in [5.41, 5.74) is -0.0901. The maximum Gasteiger partial charge on any atom is 0.124 e. The molecule has 1 atom stereocenters. The summed E-state index contributed by atoms with van der Waals surface area (Å²) in [7, 11) is 0. The minimum Gasteiger partial charge on any atom is -0.387 e. The Hall–Kier alpha value is -0.640. The third-order valence-electron chi connectivity index (χ3n) is 2.62. The molecule has 15 heavy (non-hydrogen) atoms. The van der Waals surface area contributed by atoms with Gasteiger partial charge in [-0.15, -0.1) is 0 Å². The van der Waals surface area contributed by atoms with E-state index in [1.165, 1.54) is 12.1 Å². The SMILES string of the molecule is OC1(Cc2ccc(F)cc2Cl)CCOC1. The summed E-state index contributed by atoms with van der Waals surface area (Å²) >= 11 is 5.88. The van der Waals surface area contributed by atoms with E-state index in [2.05, 4.69) is 0 Å². The topological polar surface area (TPSA) is 29.5 Å². The van der Waals surface area contributed by atoms with Crippen molar-refractivity contribution in [1.82, 2.24) is 0 Å². The van der Waals surface area contributed by atoms with Gasteiger partial charge in [-0.3, -0.25) is 0 Å². The molecule has 0 aromatic heterocycles. The highest BCUT2D eigenvalue weighted by Gasteiger charge is 2.32. The molecule has 1 fully saturated rings. The molecule has 0 bridgehead atoms. The Morgan fingerprint density at radius 3 is 2.93 bits per heavy atom. The first-order valence-electron chi connectivity index (χ1n) is 4.83. The van der Waals surface area contributed by atoms with Crippen LogP contribution >= 0.6 is 11.6 Å². The van der Waals surface area contributed by atoms with Crippen LogP contribution in [0.4, 0.5) is 4.39 Å². The zero-order valence-electron chi connectivity index (χ0n) is 8.17. The molecule has 1 aromatic rings. The maximum absolute atomic E-state index is 12.8. The first kappa shape index (κ1) is 10.9. The standard InChI is InChI=1S/C11H12ClFO2/c12-10-5-9(13)2-1-8(10)6-11(14)3-4-15-7-11/h1-2,5,14H,3-4,6-7H2. The normalized spacial score (nSPS) is 25.8. The van der Waals surface area contributed by atoms with E-state index in [0.717, 1.165) is 5.56 Å². The molecule has 1 aliphatic rings. The number of halogens is 2. The zero-order chi connectivity index (χ0) is 10.9. The highest BCUT2D eigenvalue weighted by molar-refractivity contribution is 6.31. The second-order valence-electron chi connectivity index (χ2n) is 3.94. The molecule has 2 rings (SSSR count). The molecule has 1 N–H and O–H groups in total. The third kappa shape index (κ3) is 2.48. The molecule has 2 nitrogen and oxygen atoms in total. The van der Waals surface area contributed by atoms with Crippen LogP contribution in [0.1, 0.15) is 12.0 Å². The second kappa shape index (κ2) is 4.08. The van der Waals surface area contributed by atoms with E-state index in [1.54, 1.807) is 6.07 Å². The number of rotatable bonds is 2. The Balaban J connectivity index is 2.16. The van der Waals surface area contributed by atoms with Crippen LogP contribution in [0, 0.1) is 5.82 Å². The number of benzene rings is 1. The van der Waals surface area contributed by atoms with Crippen molar-refractivity contribution >= 4 is 11.6 Å². The summed E-state index contributed by atoms with van der Waals surface area (Å²) < 4.78 is 17.9. The lowest BCUT2D eigenvalue weighted by Crippen LogP contribution is -2.31. The molecule has 1 saturated heterocycles. The number of ether oxygens (including phenoxy) is 1. The van der Waals surface area contributed by atoms with E-state index in [0.29, 0.717) is 31.1 Å². The summed E-state index contributed by atoms with van der Waals surface area (Å²) in [4.78, 5) is 0. The fourth-order valence-electron chi connectivity index (χ4n) is 1.76. The van der Waals surface area contributed by atoms with Crippen LogP contribution in [0.3, 0.4) is 0 Å². The first-order chi connectivity index (χ1) is 7.09. The molecule has 1 unspecified atom stereocenters. The molecule has 1 aromatic carbocycles. The summed E-state index contributed by atoms with van der Waals surface area (Å²) in [5, 5.41) is 10.4. The van der Waals surface area contributed by atoms with Crippen molar-refractivity contribution in [3.8, 4) is 0 Å². The fraction of sp³-hybridized carbons (Fsp3) is 0.455. The third-order valence-corrected chi connectivity index (χ3v) is 2.97. The Bertz CT molecular complexity index is 362. The highest BCUT2D eigenvalue weighted by Crippen LogP contribution is 2.27. The number of hydrogen-bond donors (Lipinski definition) is 1. The number of aliphatic hydroxyl groups is 1. The van der Waals surface area contributed by atoms with E-state index in [1.807, 2.05) is 0 Å². The van der Waals surface area contributed by atoms with Crippen molar-refractivity contribution in [1.29, 1.82) is 0 Å². The van der Waals surface area contributed by atoms with Gasteiger partial charge in [0.15, 0.2) is 0 Å². The molecule has 82 valence electrons. The van der Waals surface area contributed by atoms with Crippen LogP contribution in [-0.2, 0) is 11.2 Å². The van der Waals surface area contributed by atoms with E-state index < -0.39 is 5.60 Å². The van der Waals surface area contributed by atoms with Gasteiger partial charge in [-0.1, -0.05) is 17.7 Å². The van der Waals surface area contributed by atoms with Gasteiger partial charge in [0.25, 0.3) is 0 Å². The average Bonchev–Trinajstić information content (AvgIpc) is 2.58. The molecular weight excluding hydrogens is 219 g/mol. The van der Waals surface area contributed by atoms with Crippen LogP contribution in [-0.4, -0.2) is 23.9 Å². The molecule has 0 aliphatic carbocycles.